The second-order valence-corrected chi connectivity index (χ2v) is 7.81. The fourth-order valence-electron chi connectivity index (χ4n) is 4.86. The highest BCUT2D eigenvalue weighted by molar-refractivity contribution is 5.78. The van der Waals surface area contributed by atoms with Crippen LogP contribution in [0.3, 0.4) is 0 Å². The van der Waals surface area contributed by atoms with E-state index in [-0.39, 0.29) is 11.6 Å². The summed E-state index contributed by atoms with van der Waals surface area (Å²) in [6.07, 6.45) is 7.69. The van der Waals surface area contributed by atoms with Gasteiger partial charge in [-0.05, 0) is 31.6 Å². The first-order valence-electron chi connectivity index (χ1n) is 9.47. The Morgan fingerprint density at radius 3 is 2.57 bits per heavy atom. The van der Waals surface area contributed by atoms with Crippen molar-refractivity contribution in [1.29, 1.82) is 0 Å². The van der Waals surface area contributed by atoms with Crippen molar-refractivity contribution in [2.45, 2.75) is 63.5 Å². The predicted molar refractivity (Wildman–Crippen MR) is 91.2 cm³/mol. The summed E-state index contributed by atoms with van der Waals surface area (Å²) in [5.41, 5.74) is 6.04. The fourth-order valence-corrected chi connectivity index (χ4v) is 4.86. The molecule has 1 saturated carbocycles. The number of likely N-dealkylation sites (tertiary alicyclic amines) is 1. The van der Waals surface area contributed by atoms with Gasteiger partial charge in [-0.3, -0.25) is 9.69 Å². The molecule has 2 unspecified atom stereocenters. The summed E-state index contributed by atoms with van der Waals surface area (Å²) in [4.78, 5) is 17.7. The Labute approximate surface area is 140 Å². The Hall–Kier alpha value is -0.650. The Kier molecular flexibility index (Phi) is 5.60. The van der Waals surface area contributed by atoms with Crippen molar-refractivity contribution in [2.24, 2.45) is 11.7 Å². The Morgan fingerprint density at radius 2 is 1.91 bits per heavy atom. The average Bonchev–Trinajstić information content (AvgIpc) is 3.05. The zero-order valence-electron chi connectivity index (χ0n) is 14.6. The van der Waals surface area contributed by atoms with Gasteiger partial charge in [0, 0.05) is 44.2 Å². The van der Waals surface area contributed by atoms with E-state index in [9.17, 15) is 4.79 Å². The van der Waals surface area contributed by atoms with Crippen LogP contribution in [-0.2, 0) is 9.53 Å². The first-order valence-corrected chi connectivity index (χ1v) is 9.47. The third-order valence-electron chi connectivity index (χ3n) is 6.27. The van der Waals surface area contributed by atoms with E-state index in [2.05, 4.69) is 16.7 Å². The number of ether oxygens (including phenoxy) is 1. The maximum Gasteiger partial charge on any atom is 0.224 e. The summed E-state index contributed by atoms with van der Waals surface area (Å²) < 4.78 is 5.52. The molecule has 2 aliphatic heterocycles. The van der Waals surface area contributed by atoms with Crippen LogP contribution in [-0.4, -0.2) is 66.7 Å². The molecule has 1 amide bonds. The number of nitrogens with zero attached hydrogens (tertiary/aromatic N) is 2. The topological polar surface area (TPSA) is 58.8 Å². The van der Waals surface area contributed by atoms with Crippen molar-refractivity contribution in [3.05, 3.63) is 0 Å². The lowest BCUT2D eigenvalue weighted by atomic mass is 9.87. The number of amides is 1. The zero-order valence-corrected chi connectivity index (χ0v) is 14.6. The molecule has 23 heavy (non-hydrogen) atoms. The number of nitrogens with two attached hydrogens (primary N) is 1. The first-order chi connectivity index (χ1) is 11.1. The van der Waals surface area contributed by atoms with Crippen molar-refractivity contribution in [1.82, 2.24) is 9.80 Å². The molecular weight excluding hydrogens is 290 g/mol. The molecule has 0 aromatic heterocycles. The van der Waals surface area contributed by atoms with E-state index in [0.717, 1.165) is 58.5 Å². The lowest BCUT2D eigenvalue weighted by Gasteiger charge is -2.45. The van der Waals surface area contributed by atoms with Crippen molar-refractivity contribution < 1.29 is 9.53 Å². The number of carbonyl (C=O) groups is 1. The third-order valence-corrected chi connectivity index (χ3v) is 6.27. The summed E-state index contributed by atoms with van der Waals surface area (Å²) >= 11 is 0. The van der Waals surface area contributed by atoms with Crippen LogP contribution in [0, 0.1) is 5.92 Å². The number of morpholine rings is 1. The number of carbonyl (C=O) groups excluding carboxylic acids is 1. The van der Waals surface area contributed by atoms with Crippen molar-refractivity contribution >= 4 is 5.91 Å². The number of piperidine rings is 1. The number of rotatable bonds is 4. The van der Waals surface area contributed by atoms with Crippen LogP contribution in [0.1, 0.15) is 51.9 Å². The van der Waals surface area contributed by atoms with Gasteiger partial charge in [0.05, 0.1) is 13.2 Å². The fraction of sp³-hybridized carbons (Fsp3) is 0.944. The molecule has 2 saturated heterocycles. The predicted octanol–water partition coefficient (Wildman–Crippen LogP) is 1.61. The summed E-state index contributed by atoms with van der Waals surface area (Å²) in [5, 5.41) is 0. The van der Waals surface area contributed by atoms with Gasteiger partial charge in [-0.2, -0.15) is 0 Å². The lowest BCUT2D eigenvalue weighted by molar-refractivity contribution is -0.139. The van der Waals surface area contributed by atoms with Crippen LogP contribution in [0.4, 0.5) is 0 Å². The molecular formula is C18H33N3O2. The van der Waals surface area contributed by atoms with E-state index in [0.29, 0.717) is 24.8 Å². The van der Waals surface area contributed by atoms with E-state index in [1.807, 2.05) is 0 Å². The van der Waals surface area contributed by atoms with Crippen LogP contribution >= 0.6 is 0 Å². The minimum Gasteiger partial charge on any atom is -0.379 e. The molecule has 2 heterocycles. The Bertz CT molecular complexity index is 403. The van der Waals surface area contributed by atoms with Gasteiger partial charge >= 0.3 is 0 Å². The monoisotopic (exact) mass is 323 g/mol. The molecule has 1 aliphatic carbocycles. The Balaban J connectivity index is 1.68. The van der Waals surface area contributed by atoms with Crippen LogP contribution in [0.5, 0.6) is 0 Å². The molecule has 5 nitrogen and oxygen atoms in total. The zero-order chi connectivity index (χ0) is 16.3. The van der Waals surface area contributed by atoms with Gasteiger partial charge in [0.25, 0.3) is 0 Å². The largest absolute Gasteiger partial charge is 0.379 e. The molecule has 0 spiro atoms. The second kappa shape index (κ2) is 7.49. The smallest absolute Gasteiger partial charge is 0.224 e. The van der Waals surface area contributed by atoms with Gasteiger partial charge in [0.2, 0.25) is 5.91 Å². The van der Waals surface area contributed by atoms with Gasteiger partial charge in [-0.25, -0.2) is 0 Å². The second-order valence-electron chi connectivity index (χ2n) is 7.81. The van der Waals surface area contributed by atoms with Crippen LogP contribution in [0.15, 0.2) is 0 Å². The van der Waals surface area contributed by atoms with E-state index in [4.69, 9.17) is 10.5 Å². The third kappa shape index (κ3) is 3.72. The van der Waals surface area contributed by atoms with Crippen molar-refractivity contribution in [2.75, 3.05) is 39.4 Å². The quantitative estimate of drug-likeness (QED) is 0.854. The first kappa shape index (κ1) is 17.2. The summed E-state index contributed by atoms with van der Waals surface area (Å²) in [7, 11) is 0. The van der Waals surface area contributed by atoms with Crippen LogP contribution in [0.25, 0.3) is 0 Å². The van der Waals surface area contributed by atoms with Gasteiger partial charge in [-0.1, -0.05) is 19.8 Å². The maximum absolute atomic E-state index is 13.1. The minimum absolute atomic E-state index is 0.0864. The van der Waals surface area contributed by atoms with E-state index in [1.54, 1.807) is 0 Å². The van der Waals surface area contributed by atoms with Crippen molar-refractivity contribution in [3.63, 3.8) is 0 Å². The van der Waals surface area contributed by atoms with Crippen LogP contribution in [0.2, 0.25) is 0 Å². The van der Waals surface area contributed by atoms with E-state index < -0.39 is 0 Å². The molecule has 0 bridgehead atoms. The van der Waals surface area contributed by atoms with E-state index >= 15 is 0 Å². The van der Waals surface area contributed by atoms with Crippen LogP contribution < -0.4 is 5.73 Å². The highest BCUT2D eigenvalue weighted by Gasteiger charge is 2.43. The van der Waals surface area contributed by atoms with Gasteiger partial charge < -0.3 is 15.4 Å². The average molecular weight is 323 g/mol. The molecule has 2 atom stereocenters. The van der Waals surface area contributed by atoms with E-state index in [1.165, 1.54) is 12.8 Å². The Morgan fingerprint density at radius 1 is 1.22 bits per heavy atom. The normalized spacial score (nSPS) is 32.2. The SMILES string of the molecule is CC1CCN(C(=O)CC2(N3CCOCC3)CCCC2)C(CN)C1. The van der Waals surface area contributed by atoms with Gasteiger partial charge in [0.15, 0.2) is 0 Å². The molecule has 3 rings (SSSR count). The summed E-state index contributed by atoms with van der Waals surface area (Å²) in [6, 6.07) is 0.245. The molecule has 0 aromatic carbocycles. The molecule has 0 aromatic rings. The lowest BCUT2D eigenvalue weighted by Crippen LogP contribution is -2.56. The minimum atomic E-state index is 0.0864. The number of hydrogen-bond donors (Lipinski definition) is 1. The van der Waals surface area contributed by atoms with Crippen molar-refractivity contribution in [3.8, 4) is 0 Å². The molecule has 132 valence electrons. The standard InChI is InChI=1S/C18H33N3O2/c1-15-4-7-21(16(12-15)14-19)17(22)13-18(5-2-3-6-18)20-8-10-23-11-9-20/h15-16H,2-14,19H2,1H3. The molecule has 0 radical (unpaired) electrons. The summed E-state index contributed by atoms with van der Waals surface area (Å²) in [6.45, 7) is 7.33. The van der Waals surface area contributed by atoms with Gasteiger partial charge in [-0.15, -0.1) is 0 Å². The highest BCUT2D eigenvalue weighted by atomic mass is 16.5. The van der Waals surface area contributed by atoms with Gasteiger partial charge in [0.1, 0.15) is 0 Å². The molecule has 3 aliphatic rings. The molecule has 5 heteroatoms. The molecule has 2 N–H and O–H groups in total. The summed E-state index contributed by atoms with van der Waals surface area (Å²) in [5.74, 6) is 1.02. The molecule has 3 fully saturated rings. The highest BCUT2D eigenvalue weighted by Crippen LogP contribution is 2.39. The number of hydrogen-bond acceptors (Lipinski definition) is 4. The maximum atomic E-state index is 13.1.